The lowest BCUT2D eigenvalue weighted by atomic mass is 10.2. The number of methoxy groups -OCH3 is 1. The van der Waals surface area contributed by atoms with E-state index in [4.69, 9.17) is 9.47 Å². The summed E-state index contributed by atoms with van der Waals surface area (Å²) in [5.74, 6) is 1.84. The number of anilines is 1. The van der Waals surface area contributed by atoms with E-state index in [9.17, 15) is 4.79 Å². The number of thiazole rings is 1. The molecule has 0 atom stereocenters. The zero-order valence-electron chi connectivity index (χ0n) is 16.3. The van der Waals surface area contributed by atoms with Crippen LogP contribution >= 0.6 is 11.3 Å². The van der Waals surface area contributed by atoms with Gasteiger partial charge in [0.15, 0.2) is 0 Å². The van der Waals surface area contributed by atoms with Gasteiger partial charge in [0.2, 0.25) is 5.13 Å². The fourth-order valence-corrected chi connectivity index (χ4v) is 3.86. The summed E-state index contributed by atoms with van der Waals surface area (Å²) >= 11 is 1.48. The molecule has 0 aliphatic rings. The maximum Gasteiger partial charge on any atom is 0.256 e. The van der Waals surface area contributed by atoms with Gasteiger partial charge in [-0.05, 0) is 56.3 Å². The predicted molar refractivity (Wildman–Crippen MR) is 114 cm³/mol. The molecule has 2 aromatic carbocycles. The largest absolute Gasteiger partial charge is 0.497 e. The van der Waals surface area contributed by atoms with Crippen molar-refractivity contribution in [2.45, 2.75) is 13.8 Å². The third-order valence-electron chi connectivity index (χ3n) is 4.27. The van der Waals surface area contributed by atoms with Crippen molar-refractivity contribution in [3.8, 4) is 16.6 Å². The van der Waals surface area contributed by atoms with E-state index in [1.54, 1.807) is 36.1 Å². The molecule has 0 unspecified atom stereocenters. The Morgan fingerprint density at radius 3 is 2.62 bits per heavy atom. The Balaban J connectivity index is 1.62. The van der Waals surface area contributed by atoms with E-state index in [0.29, 0.717) is 23.1 Å². The highest BCUT2D eigenvalue weighted by Crippen LogP contribution is 2.30. The average molecular weight is 408 g/mol. The number of nitrogens with one attached hydrogen (secondary N) is 1. The van der Waals surface area contributed by atoms with Crippen LogP contribution in [0.5, 0.6) is 11.5 Å². The highest BCUT2D eigenvalue weighted by molar-refractivity contribution is 7.20. The lowest BCUT2D eigenvalue weighted by Gasteiger charge is -2.07. The molecule has 7 nitrogen and oxygen atoms in total. The second-order valence-corrected chi connectivity index (χ2v) is 7.33. The number of rotatable bonds is 6. The van der Waals surface area contributed by atoms with Crippen LogP contribution in [0, 0.1) is 6.92 Å². The molecular weight excluding hydrogens is 388 g/mol. The van der Waals surface area contributed by atoms with Crippen LogP contribution in [0.15, 0.2) is 48.5 Å². The van der Waals surface area contributed by atoms with Crippen LogP contribution in [0.3, 0.4) is 0 Å². The van der Waals surface area contributed by atoms with Gasteiger partial charge in [-0.15, -0.1) is 0 Å². The molecule has 1 amide bonds. The SMILES string of the molecule is CCOc1ccc(C(=O)Nc2cc(C)nn2-c2nc3ccc(OC)cc3s2)cc1. The van der Waals surface area contributed by atoms with E-state index in [1.165, 1.54) is 11.3 Å². The minimum absolute atomic E-state index is 0.225. The topological polar surface area (TPSA) is 78.3 Å². The number of hydrogen-bond donors (Lipinski definition) is 1. The van der Waals surface area contributed by atoms with E-state index in [2.05, 4.69) is 15.4 Å². The number of carbonyl (C=O) groups is 1. The van der Waals surface area contributed by atoms with Crippen LogP contribution in [0.1, 0.15) is 23.0 Å². The van der Waals surface area contributed by atoms with Crippen LogP contribution in [-0.2, 0) is 0 Å². The van der Waals surface area contributed by atoms with Crippen molar-refractivity contribution in [1.82, 2.24) is 14.8 Å². The van der Waals surface area contributed by atoms with E-state index in [0.717, 1.165) is 27.4 Å². The maximum absolute atomic E-state index is 12.7. The molecule has 148 valence electrons. The predicted octanol–water partition coefficient (Wildman–Crippen LogP) is 4.45. The summed E-state index contributed by atoms with van der Waals surface area (Å²) in [5.41, 5.74) is 2.17. The minimum atomic E-state index is -0.225. The average Bonchev–Trinajstić information content (AvgIpc) is 3.30. The highest BCUT2D eigenvalue weighted by atomic mass is 32.1. The lowest BCUT2D eigenvalue weighted by molar-refractivity contribution is 0.102. The van der Waals surface area contributed by atoms with Gasteiger partial charge in [-0.3, -0.25) is 4.79 Å². The van der Waals surface area contributed by atoms with Crippen molar-refractivity contribution < 1.29 is 14.3 Å². The lowest BCUT2D eigenvalue weighted by Crippen LogP contribution is -2.15. The Kier molecular flexibility index (Phi) is 5.18. The van der Waals surface area contributed by atoms with E-state index in [1.807, 2.05) is 38.1 Å². The smallest absolute Gasteiger partial charge is 0.256 e. The fraction of sp³-hybridized carbons (Fsp3) is 0.190. The van der Waals surface area contributed by atoms with Crippen molar-refractivity contribution in [1.29, 1.82) is 0 Å². The molecule has 1 N–H and O–H groups in total. The molecule has 0 radical (unpaired) electrons. The van der Waals surface area contributed by atoms with Crippen molar-refractivity contribution in [3.63, 3.8) is 0 Å². The molecule has 0 bridgehead atoms. The maximum atomic E-state index is 12.7. The van der Waals surface area contributed by atoms with Crippen LogP contribution < -0.4 is 14.8 Å². The number of aromatic nitrogens is 3. The molecule has 0 fully saturated rings. The Bertz CT molecular complexity index is 1160. The summed E-state index contributed by atoms with van der Waals surface area (Å²) in [6.45, 7) is 4.37. The second-order valence-electron chi connectivity index (χ2n) is 6.32. The summed E-state index contributed by atoms with van der Waals surface area (Å²) in [5, 5.41) is 8.10. The van der Waals surface area contributed by atoms with Gasteiger partial charge in [-0.1, -0.05) is 11.3 Å². The third-order valence-corrected chi connectivity index (χ3v) is 5.26. The third kappa shape index (κ3) is 3.93. The van der Waals surface area contributed by atoms with Gasteiger partial charge in [0, 0.05) is 11.6 Å². The molecule has 0 saturated carbocycles. The number of aryl methyl sites for hydroxylation is 1. The number of ether oxygens (including phenoxy) is 2. The van der Waals surface area contributed by atoms with Gasteiger partial charge in [-0.2, -0.15) is 9.78 Å². The summed E-state index contributed by atoms with van der Waals surface area (Å²) in [6, 6.07) is 14.6. The molecule has 4 rings (SSSR count). The normalized spacial score (nSPS) is 10.9. The number of carbonyl (C=O) groups excluding carboxylic acids is 1. The quantitative estimate of drug-likeness (QED) is 0.510. The molecule has 4 aromatic rings. The van der Waals surface area contributed by atoms with Crippen molar-refractivity contribution >= 4 is 33.3 Å². The molecule has 0 spiro atoms. The second kappa shape index (κ2) is 7.92. The highest BCUT2D eigenvalue weighted by Gasteiger charge is 2.16. The van der Waals surface area contributed by atoms with Crippen molar-refractivity contribution in [3.05, 3.63) is 59.8 Å². The molecule has 0 aliphatic carbocycles. The Morgan fingerprint density at radius 1 is 1.14 bits per heavy atom. The zero-order chi connectivity index (χ0) is 20.4. The van der Waals surface area contributed by atoms with Gasteiger partial charge in [0.05, 0.1) is 29.6 Å². The van der Waals surface area contributed by atoms with E-state index < -0.39 is 0 Å². The van der Waals surface area contributed by atoms with Crippen LogP contribution in [0.4, 0.5) is 5.82 Å². The molecule has 2 heterocycles. The first-order valence-electron chi connectivity index (χ1n) is 9.13. The van der Waals surface area contributed by atoms with Crippen molar-refractivity contribution in [2.24, 2.45) is 0 Å². The number of nitrogens with zero attached hydrogens (tertiary/aromatic N) is 3. The Labute approximate surface area is 171 Å². The van der Waals surface area contributed by atoms with Gasteiger partial charge in [0.25, 0.3) is 5.91 Å². The first kappa shape index (κ1) is 18.9. The first-order chi connectivity index (χ1) is 14.1. The summed E-state index contributed by atoms with van der Waals surface area (Å²) in [6.07, 6.45) is 0. The van der Waals surface area contributed by atoms with Crippen LogP contribution in [0.25, 0.3) is 15.3 Å². The first-order valence-corrected chi connectivity index (χ1v) is 9.95. The summed E-state index contributed by atoms with van der Waals surface area (Å²) < 4.78 is 13.3. The zero-order valence-corrected chi connectivity index (χ0v) is 17.1. The molecule has 29 heavy (non-hydrogen) atoms. The van der Waals surface area contributed by atoms with Gasteiger partial charge >= 0.3 is 0 Å². The standard InChI is InChI=1S/C21H20N4O3S/c1-4-28-15-7-5-14(6-8-15)20(26)23-19-11-13(2)24-25(19)21-22-17-10-9-16(27-3)12-18(17)29-21/h5-12H,4H2,1-3H3,(H,23,26). The molecule has 0 aliphatic heterocycles. The van der Waals surface area contributed by atoms with E-state index >= 15 is 0 Å². The number of benzene rings is 2. The van der Waals surface area contributed by atoms with Gasteiger partial charge < -0.3 is 14.8 Å². The van der Waals surface area contributed by atoms with E-state index in [-0.39, 0.29) is 5.91 Å². The monoisotopic (exact) mass is 408 g/mol. The molecular formula is C21H20N4O3S. The minimum Gasteiger partial charge on any atom is -0.497 e. The Hall–Kier alpha value is -3.39. The van der Waals surface area contributed by atoms with Crippen LogP contribution in [0.2, 0.25) is 0 Å². The fourth-order valence-electron chi connectivity index (χ4n) is 2.90. The number of fused-ring (bicyclic) bond motifs is 1. The van der Waals surface area contributed by atoms with Crippen molar-refractivity contribution in [2.75, 3.05) is 19.0 Å². The molecule has 2 aromatic heterocycles. The number of amides is 1. The van der Waals surface area contributed by atoms with Gasteiger partial charge in [-0.25, -0.2) is 4.98 Å². The molecule has 8 heteroatoms. The summed E-state index contributed by atoms with van der Waals surface area (Å²) in [7, 11) is 1.63. The number of hydrogen-bond acceptors (Lipinski definition) is 6. The Morgan fingerprint density at radius 2 is 1.90 bits per heavy atom. The molecule has 0 saturated heterocycles. The van der Waals surface area contributed by atoms with Gasteiger partial charge in [0.1, 0.15) is 17.3 Å². The van der Waals surface area contributed by atoms with Crippen LogP contribution in [-0.4, -0.2) is 34.4 Å². The summed E-state index contributed by atoms with van der Waals surface area (Å²) in [4.78, 5) is 17.3.